The molecular formula is C13H17N3O3. The van der Waals surface area contributed by atoms with E-state index in [4.69, 9.17) is 15.2 Å². The Balaban J connectivity index is 2.54. The summed E-state index contributed by atoms with van der Waals surface area (Å²) in [6.45, 7) is 3.83. The number of rotatable bonds is 4. The van der Waals surface area contributed by atoms with E-state index in [1.54, 1.807) is 31.6 Å². The van der Waals surface area contributed by atoms with Gasteiger partial charge in [0.25, 0.3) is 0 Å². The van der Waals surface area contributed by atoms with E-state index in [1.807, 2.05) is 12.1 Å². The summed E-state index contributed by atoms with van der Waals surface area (Å²) in [6.07, 6.45) is 0. The molecule has 0 fully saturated rings. The van der Waals surface area contributed by atoms with Gasteiger partial charge in [0, 0.05) is 0 Å². The molecule has 0 aliphatic carbocycles. The van der Waals surface area contributed by atoms with Crippen molar-refractivity contribution in [1.29, 1.82) is 0 Å². The molecule has 1 aromatic heterocycles. The topological polar surface area (TPSA) is 79.4 Å². The lowest BCUT2D eigenvalue weighted by molar-refractivity contribution is -0.146. The van der Waals surface area contributed by atoms with E-state index in [2.05, 4.69) is 4.98 Å². The van der Waals surface area contributed by atoms with Crippen molar-refractivity contribution in [2.24, 2.45) is 0 Å². The van der Waals surface area contributed by atoms with Crippen LogP contribution in [0.25, 0.3) is 11.0 Å². The number of hydrogen-bond donors (Lipinski definition) is 1. The number of carbonyl (C=O) groups is 1. The summed E-state index contributed by atoms with van der Waals surface area (Å²) < 4.78 is 11.9. The second-order valence-electron chi connectivity index (χ2n) is 4.10. The van der Waals surface area contributed by atoms with Gasteiger partial charge in [-0.1, -0.05) is 6.07 Å². The van der Waals surface area contributed by atoms with Crippen LogP contribution in [-0.2, 0) is 9.53 Å². The summed E-state index contributed by atoms with van der Waals surface area (Å²) in [5.41, 5.74) is 7.29. The zero-order valence-corrected chi connectivity index (χ0v) is 11.2. The zero-order chi connectivity index (χ0) is 14.0. The molecule has 0 amide bonds. The lowest BCUT2D eigenvalue weighted by atomic mass is 10.2. The first-order chi connectivity index (χ1) is 9.10. The van der Waals surface area contributed by atoms with Crippen LogP contribution in [0.15, 0.2) is 18.2 Å². The van der Waals surface area contributed by atoms with Crippen LogP contribution in [0.4, 0.5) is 5.95 Å². The van der Waals surface area contributed by atoms with E-state index >= 15 is 0 Å². The number of anilines is 1. The van der Waals surface area contributed by atoms with Crippen LogP contribution in [0.2, 0.25) is 0 Å². The molecule has 0 aliphatic heterocycles. The monoisotopic (exact) mass is 263 g/mol. The highest BCUT2D eigenvalue weighted by atomic mass is 16.5. The smallest absolute Gasteiger partial charge is 0.328 e. The molecule has 0 aliphatic rings. The number of carbonyl (C=O) groups excluding carboxylic acids is 1. The number of para-hydroxylation sites is 1. The number of nitrogens with zero attached hydrogens (tertiary/aromatic N) is 2. The lowest BCUT2D eigenvalue weighted by Gasteiger charge is -2.14. The van der Waals surface area contributed by atoms with Crippen molar-refractivity contribution in [1.82, 2.24) is 9.55 Å². The van der Waals surface area contributed by atoms with Crippen molar-refractivity contribution in [2.75, 3.05) is 19.5 Å². The molecule has 2 rings (SSSR count). The highest BCUT2D eigenvalue weighted by molar-refractivity contribution is 5.87. The molecule has 0 spiro atoms. The Hall–Kier alpha value is -2.24. The Morgan fingerprint density at radius 2 is 2.26 bits per heavy atom. The molecular weight excluding hydrogens is 246 g/mol. The van der Waals surface area contributed by atoms with Crippen LogP contribution in [-0.4, -0.2) is 29.2 Å². The number of imidazole rings is 1. The summed E-state index contributed by atoms with van der Waals surface area (Å²) in [7, 11) is 1.57. The molecule has 0 saturated carbocycles. The molecule has 1 heterocycles. The number of nitrogen functional groups attached to an aromatic ring is 1. The Bertz CT molecular complexity index is 606. The molecule has 1 aromatic carbocycles. The van der Waals surface area contributed by atoms with Crippen LogP contribution in [0.3, 0.4) is 0 Å². The summed E-state index contributed by atoms with van der Waals surface area (Å²) in [4.78, 5) is 16.1. The fourth-order valence-electron chi connectivity index (χ4n) is 2.05. The number of nitrogens with two attached hydrogens (primary N) is 1. The largest absolute Gasteiger partial charge is 0.494 e. The molecule has 0 radical (unpaired) electrons. The van der Waals surface area contributed by atoms with Crippen molar-refractivity contribution < 1.29 is 14.3 Å². The Morgan fingerprint density at radius 1 is 1.53 bits per heavy atom. The van der Waals surface area contributed by atoms with Crippen LogP contribution < -0.4 is 10.5 Å². The number of benzene rings is 1. The number of ether oxygens (including phenoxy) is 2. The van der Waals surface area contributed by atoms with Gasteiger partial charge < -0.3 is 15.2 Å². The van der Waals surface area contributed by atoms with Gasteiger partial charge in [0.15, 0.2) is 0 Å². The predicted molar refractivity (Wildman–Crippen MR) is 72.0 cm³/mol. The number of esters is 1. The Kier molecular flexibility index (Phi) is 3.59. The molecule has 1 atom stereocenters. The van der Waals surface area contributed by atoms with Gasteiger partial charge in [-0.2, -0.15) is 0 Å². The van der Waals surface area contributed by atoms with Crippen LogP contribution in [0.1, 0.15) is 19.9 Å². The van der Waals surface area contributed by atoms with E-state index in [9.17, 15) is 4.79 Å². The highest BCUT2D eigenvalue weighted by Crippen LogP contribution is 2.29. The zero-order valence-electron chi connectivity index (χ0n) is 11.2. The van der Waals surface area contributed by atoms with Gasteiger partial charge in [0.05, 0.1) is 19.2 Å². The maximum Gasteiger partial charge on any atom is 0.328 e. The van der Waals surface area contributed by atoms with Gasteiger partial charge in [0.1, 0.15) is 17.3 Å². The van der Waals surface area contributed by atoms with Crippen molar-refractivity contribution in [2.45, 2.75) is 19.9 Å². The standard InChI is InChI=1S/C13H17N3O3/c1-4-19-12(17)8(2)16-9-6-5-7-10(18-3)11(9)15-13(16)14/h5-8H,4H2,1-3H3,(H2,14,15). The molecule has 0 saturated heterocycles. The summed E-state index contributed by atoms with van der Waals surface area (Å²) in [5, 5.41) is 0. The first kappa shape index (κ1) is 13.2. The van der Waals surface area contributed by atoms with Gasteiger partial charge in [-0.05, 0) is 26.0 Å². The molecule has 6 heteroatoms. The summed E-state index contributed by atoms with van der Waals surface area (Å²) in [5.74, 6) is 0.551. The van der Waals surface area contributed by atoms with Crippen molar-refractivity contribution in [3.63, 3.8) is 0 Å². The number of aromatic nitrogens is 2. The minimum absolute atomic E-state index is 0.264. The van der Waals surface area contributed by atoms with Gasteiger partial charge in [-0.15, -0.1) is 0 Å². The predicted octanol–water partition coefficient (Wildman–Crippen LogP) is 1.75. The van der Waals surface area contributed by atoms with E-state index in [0.29, 0.717) is 17.9 Å². The molecule has 0 bridgehead atoms. The van der Waals surface area contributed by atoms with Crippen molar-refractivity contribution in [3.05, 3.63) is 18.2 Å². The van der Waals surface area contributed by atoms with Crippen molar-refractivity contribution in [3.8, 4) is 5.75 Å². The highest BCUT2D eigenvalue weighted by Gasteiger charge is 2.22. The maximum absolute atomic E-state index is 11.8. The summed E-state index contributed by atoms with van der Waals surface area (Å²) in [6, 6.07) is 4.94. The second-order valence-corrected chi connectivity index (χ2v) is 4.10. The Labute approximate surface area is 111 Å². The average Bonchev–Trinajstić information content (AvgIpc) is 2.73. The summed E-state index contributed by atoms with van der Waals surface area (Å²) >= 11 is 0. The molecule has 6 nitrogen and oxygen atoms in total. The van der Waals surface area contributed by atoms with E-state index < -0.39 is 6.04 Å². The minimum Gasteiger partial charge on any atom is -0.494 e. The second kappa shape index (κ2) is 5.17. The van der Waals surface area contributed by atoms with Crippen LogP contribution >= 0.6 is 0 Å². The van der Waals surface area contributed by atoms with Gasteiger partial charge in [0.2, 0.25) is 5.95 Å². The third-order valence-corrected chi connectivity index (χ3v) is 2.95. The first-order valence-electron chi connectivity index (χ1n) is 6.07. The third kappa shape index (κ3) is 2.21. The fraction of sp³-hybridized carbons (Fsp3) is 0.385. The van der Waals surface area contributed by atoms with Crippen LogP contribution in [0, 0.1) is 0 Å². The van der Waals surface area contributed by atoms with E-state index in [-0.39, 0.29) is 11.9 Å². The minimum atomic E-state index is -0.531. The number of fused-ring (bicyclic) bond motifs is 1. The van der Waals surface area contributed by atoms with Crippen LogP contribution in [0.5, 0.6) is 5.75 Å². The lowest BCUT2D eigenvalue weighted by Crippen LogP contribution is -2.20. The van der Waals surface area contributed by atoms with Gasteiger partial charge >= 0.3 is 5.97 Å². The molecule has 2 N–H and O–H groups in total. The van der Waals surface area contributed by atoms with E-state index in [1.165, 1.54) is 0 Å². The molecule has 2 aromatic rings. The van der Waals surface area contributed by atoms with Crippen molar-refractivity contribution >= 4 is 23.0 Å². The normalized spacial score (nSPS) is 12.4. The van der Waals surface area contributed by atoms with Gasteiger partial charge in [-0.3, -0.25) is 4.57 Å². The Morgan fingerprint density at radius 3 is 2.89 bits per heavy atom. The third-order valence-electron chi connectivity index (χ3n) is 2.95. The number of methoxy groups -OCH3 is 1. The fourth-order valence-corrected chi connectivity index (χ4v) is 2.05. The quantitative estimate of drug-likeness (QED) is 0.850. The first-order valence-corrected chi connectivity index (χ1v) is 6.07. The van der Waals surface area contributed by atoms with E-state index in [0.717, 1.165) is 5.52 Å². The SMILES string of the molecule is CCOC(=O)C(C)n1c(N)nc2c(OC)cccc21. The molecule has 19 heavy (non-hydrogen) atoms. The number of hydrogen-bond acceptors (Lipinski definition) is 5. The molecule has 102 valence electrons. The van der Waals surface area contributed by atoms with Gasteiger partial charge in [-0.25, -0.2) is 9.78 Å². The maximum atomic E-state index is 11.8. The molecule has 1 unspecified atom stereocenters. The average molecular weight is 263 g/mol.